The third kappa shape index (κ3) is 5.35. The van der Waals surface area contributed by atoms with Crippen molar-refractivity contribution in [1.82, 2.24) is 9.80 Å². The number of thioether (sulfide) groups is 1. The summed E-state index contributed by atoms with van der Waals surface area (Å²) in [4.78, 5) is 4.50. The van der Waals surface area contributed by atoms with Crippen LogP contribution in [0, 0.1) is 0 Å². The zero-order chi connectivity index (χ0) is 24.2. The van der Waals surface area contributed by atoms with Crippen LogP contribution < -0.4 is 9.47 Å². The smallest absolute Gasteiger partial charge is 0.139 e. The molecule has 0 N–H and O–H groups in total. The van der Waals surface area contributed by atoms with Gasteiger partial charge >= 0.3 is 0 Å². The fourth-order valence-electron chi connectivity index (χ4n) is 4.18. The lowest BCUT2D eigenvalue weighted by molar-refractivity contribution is 0.122. The van der Waals surface area contributed by atoms with E-state index in [4.69, 9.17) is 21.7 Å². The van der Waals surface area contributed by atoms with Gasteiger partial charge in [0, 0.05) is 7.05 Å². The van der Waals surface area contributed by atoms with E-state index < -0.39 is 0 Å². The maximum atomic E-state index is 5.97. The largest absolute Gasteiger partial charge is 0.457 e. The maximum Gasteiger partial charge on any atom is 0.139 e. The molecule has 1 heterocycles. The summed E-state index contributed by atoms with van der Waals surface area (Å²) in [5.74, 6) is 3.27. The molecule has 4 aromatic rings. The first-order chi connectivity index (χ1) is 17.1. The fraction of sp³-hybridized carbons (Fsp3) is 0.138. The molecule has 1 aliphatic heterocycles. The summed E-state index contributed by atoms with van der Waals surface area (Å²) < 4.78 is 12.8. The van der Waals surface area contributed by atoms with Crippen LogP contribution in [0.25, 0.3) is 0 Å². The van der Waals surface area contributed by atoms with Crippen molar-refractivity contribution in [2.24, 2.45) is 0 Å². The molecule has 0 amide bonds. The Morgan fingerprint density at radius 2 is 1.03 bits per heavy atom. The predicted molar refractivity (Wildman–Crippen MR) is 147 cm³/mol. The molecule has 5 rings (SSSR count). The Bertz CT molecular complexity index is 1270. The highest BCUT2D eigenvalue weighted by molar-refractivity contribution is 8.23. The van der Waals surface area contributed by atoms with Crippen molar-refractivity contribution in [1.29, 1.82) is 0 Å². The normalized spacial score (nSPS) is 18.3. The van der Waals surface area contributed by atoms with Gasteiger partial charge in [0.05, 0.1) is 5.37 Å². The predicted octanol–water partition coefficient (Wildman–Crippen LogP) is 7.86. The maximum absolute atomic E-state index is 5.97. The molecule has 176 valence electrons. The minimum absolute atomic E-state index is 0.0137. The van der Waals surface area contributed by atoms with Crippen LogP contribution in [0.1, 0.15) is 22.7 Å². The van der Waals surface area contributed by atoms with Crippen molar-refractivity contribution in [3.05, 3.63) is 120 Å². The minimum Gasteiger partial charge on any atom is -0.457 e. The third-order valence-corrected chi connectivity index (χ3v) is 7.82. The molecule has 0 bridgehead atoms. The van der Waals surface area contributed by atoms with Crippen LogP contribution in [0.4, 0.5) is 0 Å². The average Bonchev–Trinajstić information content (AvgIpc) is 2.89. The molecule has 4 aromatic carbocycles. The Kier molecular flexibility index (Phi) is 7.04. The van der Waals surface area contributed by atoms with E-state index in [-0.39, 0.29) is 11.5 Å². The summed E-state index contributed by atoms with van der Waals surface area (Å²) in [6, 6.07) is 36.2. The minimum atomic E-state index is 0.0137. The Balaban J connectivity index is 1.33. The number of benzene rings is 4. The molecular weight excluding hydrogens is 472 g/mol. The van der Waals surface area contributed by atoms with E-state index >= 15 is 0 Å². The molecule has 4 nitrogen and oxygen atoms in total. The van der Waals surface area contributed by atoms with Gasteiger partial charge in [-0.3, -0.25) is 4.90 Å². The van der Waals surface area contributed by atoms with E-state index in [1.807, 2.05) is 84.9 Å². The zero-order valence-corrected chi connectivity index (χ0v) is 21.2. The summed E-state index contributed by atoms with van der Waals surface area (Å²) in [5, 5.41) is 0.0923. The number of hydrogen-bond acceptors (Lipinski definition) is 5. The number of thiocarbonyl (C=S) groups is 1. The van der Waals surface area contributed by atoms with Crippen LogP contribution in [-0.2, 0) is 0 Å². The number of para-hydroxylation sites is 2. The number of rotatable bonds is 6. The van der Waals surface area contributed by atoms with Crippen molar-refractivity contribution in [3.63, 3.8) is 0 Å². The SMILES string of the molecule is CN1C(=S)SC(c2ccc(Oc3ccccc3)cc2)N(C)C1c1ccc(Oc2ccccc2)cc1. The Hall–Kier alpha value is -3.32. The van der Waals surface area contributed by atoms with Gasteiger partial charge in [0.1, 0.15) is 33.5 Å². The first kappa shape index (κ1) is 23.4. The van der Waals surface area contributed by atoms with Gasteiger partial charge in [-0.25, -0.2) is 0 Å². The highest BCUT2D eigenvalue weighted by atomic mass is 32.2. The van der Waals surface area contributed by atoms with Crippen molar-refractivity contribution in [2.75, 3.05) is 14.1 Å². The Morgan fingerprint density at radius 3 is 1.51 bits per heavy atom. The summed E-state index contributed by atoms with van der Waals surface area (Å²) in [7, 11) is 4.20. The molecule has 0 saturated carbocycles. The van der Waals surface area contributed by atoms with Gasteiger partial charge in [-0.05, 0) is 66.7 Å². The third-order valence-electron chi connectivity index (χ3n) is 5.92. The number of nitrogens with zero attached hydrogens (tertiary/aromatic N) is 2. The van der Waals surface area contributed by atoms with Gasteiger partial charge in [0.25, 0.3) is 0 Å². The van der Waals surface area contributed by atoms with Crippen LogP contribution in [0.2, 0.25) is 0 Å². The quantitative estimate of drug-likeness (QED) is 0.251. The lowest BCUT2D eigenvalue weighted by Crippen LogP contribution is -2.45. The summed E-state index contributed by atoms with van der Waals surface area (Å²) in [6.45, 7) is 0. The highest BCUT2D eigenvalue weighted by Gasteiger charge is 2.36. The van der Waals surface area contributed by atoms with Crippen molar-refractivity contribution < 1.29 is 9.47 Å². The fourth-order valence-corrected chi connectivity index (χ4v) is 5.59. The number of ether oxygens (including phenoxy) is 2. The second-order valence-electron chi connectivity index (χ2n) is 8.35. The molecule has 1 aliphatic rings. The summed E-state index contributed by atoms with van der Waals surface area (Å²) in [5.41, 5.74) is 2.34. The van der Waals surface area contributed by atoms with Gasteiger partial charge in [-0.15, -0.1) is 0 Å². The Labute approximate surface area is 216 Å². The highest BCUT2D eigenvalue weighted by Crippen LogP contribution is 2.45. The first-order valence-corrected chi connectivity index (χ1v) is 12.7. The molecule has 2 atom stereocenters. The van der Waals surface area contributed by atoms with E-state index in [1.54, 1.807) is 11.8 Å². The second kappa shape index (κ2) is 10.5. The van der Waals surface area contributed by atoms with Crippen molar-refractivity contribution in [2.45, 2.75) is 11.5 Å². The van der Waals surface area contributed by atoms with Gasteiger partial charge < -0.3 is 14.4 Å². The summed E-state index contributed by atoms with van der Waals surface area (Å²) in [6.07, 6.45) is 0.0137. The first-order valence-electron chi connectivity index (χ1n) is 11.4. The molecular formula is C29H26N2O2S2. The average molecular weight is 499 g/mol. The van der Waals surface area contributed by atoms with Gasteiger partial charge in [0.15, 0.2) is 0 Å². The summed E-state index contributed by atoms with van der Waals surface area (Å²) >= 11 is 7.46. The molecule has 0 radical (unpaired) electrons. The molecule has 0 spiro atoms. The molecule has 35 heavy (non-hydrogen) atoms. The van der Waals surface area contributed by atoms with Crippen LogP contribution in [0.3, 0.4) is 0 Å². The van der Waals surface area contributed by atoms with E-state index in [9.17, 15) is 0 Å². The molecule has 1 fully saturated rings. The van der Waals surface area contributed by atoms with E-state index in [0.29, 0.717) is 0 Å². The van der Waals surface area contributed by atoms with E-state index in [2.05, 4.69) is 48.2 Å². The zero-order valence-electron chi connectivity index (χ0n) is 19.6. The van der Waals surface area contributed by atoms with Gasteiger partial charge in [-0.1, -0.05) is 84.6 Å². The lowest BCUT2D eigenvalue weighted by Gasteiger charge is -2.46. The van der Waals surface area contributed by atoms with Crippen LogP contribution in [-0.4, -0.2) is 28.2 Å². The van der Waals surface area contributed by atoms with Crippen molar-refractivity contribution in [3.8, 4) is 23.0 Å². The Morgan fingerprint density at radius 1 is 0.600 bits per heavy atom. The second-order valence-corrected chi connectivity index (χ2v) is 10.1. The van der Waals surface area contributed by atoms with Crippen LogP contribution in [0.5, 0.6) is 23.0 Å². The topological polar surface area (TPSA) is 24.9 Å². The molecule has 1 saturated heterocycles. The lowest BCUT2D eigenvalue weighted by atomic mass is 10.1. The van der Waals surface area contributed by atoms with Crippen molar-refractivity contribution >= 4 is 28.3 Å². The number of hydrogen-bond donors (Lipinski definition) is 0. The van der Waals surface area contributed by atoms with Gasteiger partial charge in [0.2, 0.25) is 0 Å². The van der Waals surface area contributed by atoms with E-state index in [1.165, 1.54) is 5.56 Å². The monoisotopic (exact) mass is 498 g/mol. The van der Waals surface area contributed by atoms with Crippen LogP contribution in [0.15, 0.2) is 109 Å². The molecule has 0 aromatic heterocycles. The van der Waals surface area contributed by atoms with E-state index in [0.717, 1.165) is 32.9 Å². The molecule has 6 heteroatoms. The molecule has 2 unspecified atom stereocenters. The molecule has 0 aliphatic carbocycles. The van der Waals surface area contributed by atoms with Crippen LogP contribution >= 0.6 is 24.0 Å². The standard InChI is InChI=1S/C29H26N2O2S2/c1-30-27(21-13-17-25(18-14-21)32-23-9-5-3-6-10-23)31(2)29(34)35-28(30)22-15-19-26(20-16-22)33-24-11-7-4-8-12-24/h3-20,27-28H,1-2H3. The van der Waals surface area contributed by atoms with Gasteiger partial charge in [-0.2, -0.15) is 0 Å².